The van der Waals surface area contributed by atoms with E-state index >= 15 is 0 Å². The van der Waals surface area contributed by atoms with Crippen LogP contribution in [0.25, 0.3) is 0 Å². The van der Waals surface area contributed by atoms with Crippen LogP contribution in [0.1, 0.15) is 33.3 Å². The molecule has 1 aromatic carbocycles. The summed E-state index contributed by atoms with van der Waals surface area (Å²) in [7, 11) is 0. The summed E-state index contributed by atoms with van der Waals surface area (Å²) in [5.74, 6) is 0. The van der Waals surface area contributed by atoms with E-state index in [2.05, 4.69) is 33.0 Å². The molecule has 18 heavy (non-hydrogen) atoms. The van der Waals surface area contributed by atoms with E-state index in [4.69, 9.17) is 0 Å². The van der Waals surface area contributed by atoms with Gasteiger partial charge in [-0.1, -0.05) is 27.7 Å². The van der Waals surface area contributed by atoms with Crippen LogP contribution in [0.15, 0.2) is 24.3 Å². The van der Waals surface area contributed by atoms with Gasteiger partial charge in [0.1, 0.15) is 0 Å². The summed E-state index contributed by atoms with van der Waals surface area (Å²) in [6.45, 7) is 8.65. The lowest BCUT2D eigenvalue weighted by molar-refractivity contribution is -0.137. The summed E-state index contributed by atoms with van der Waals surface area (Å²) in [6.07, 6.45) is -4.27. The van der Waals surface area contributed by atoms with Gasteiger partial charge in [0.2, 0.25) is 0 Å². The molecule has 4 heteroatoms. The van der Waals surface area contributed by atoms with Gasteiger partial charge in [0, 0.05) is 11.7 Å². The second-order valence-electron chi connectivity index (χ2n) is 6.10. The van der Waals surface area contributed by atoms with Crippen molar-refractivity contribution in [3.05, 3.63) is 29.8 Å². The van der Waals surface area contributed by atoms with Crippen molar-refractivity contribution in [2.45, 2.75) is 39.9 Å². The molecule has 0 aliphatic heterocycles. The highest BCUT2D eigenvalue weighted by molar-refractivity contribution is 5.49. The Bertz CT molecular complexity index is 429. The van der Waals surface area contributed by atoms with Crippen LogP contribution in [0, 0.1) is 10.8 Å². The molecule has 1 aliphatic carbocycles. The third kappa shape index (κ3) is 1.98. The maximum Gasteiger partial charge on any atom is 0.416 e. The first-order chi connectivity index (χ1) is 8.07. The van der Waals surface area contributed by atoms with Crippen LogP contribution >= 0.6 is 0 Å². The zero-order valence-electron chi connectivity index (χ0n) is 11.0. The molecule has 2 rings (SSSR count). The highest BCUT2D eigenvalue weighted by Crippen LogP contribution is 2.63. The van der Waals surface area contributed by atoms with Crippen LogP contribution in [-0.4, -0.2) is 6.04 Å². The van der Waals surface area contributed by atoms with E-state index in [1.807, 2.05) is 0 Å². The number of benzene rings is 1. The number of anilines is 1. The fourth-order valence-corrected chi connectivity index (χ4v) is 2.48. The molecule has 0 amide bonds. The smallest absolute Gasteiger partial charge is 0.381 e. The Kier molecular flexibility index (Phi) is 2.69. The lowest BCUT2D eigenvalue weighted by atomic mass is 10.0. The van der Waals surface area contributed by atoms with E-state index in [-0.39, 0.29) is 10.8 Å². The minimum absolute atomic E-state index is 0.162. The van der Waals surface area contributed by atoms with Gasteiger partial charge >= 0.3 is 6.18 Å². The maximum absolute atomic E-state index is 12.4. The van der Waals surface area contributed by atoms with Gasteiger partial charge in [-0.15, -0.1) is 0 Å². The Labute approximate surface area is 105 Å². The third-order valence-electron chi connectivity index (χ3n) is 4.54. The average molecular weight is 257 g/mol. The zero-order valence-corrected chi connectivity index (χ0v) is 11.0. The van der Waals surface area contributed by atoms with E-state index in [1.165, 1.54) is 12.1 Å². The van der Waals surface area contributed by atoms with Crippen molar-refractivity contribution < 1.29 is 13.2 Å². The summed E-state index contributed by atoms with van der Waals surface area (Å²) in [6, 6.07) is 5.51. The Morgan fingerprint density at radius 3 is 1.72 bits per heavy atom. The predicted molar refractivity (Wildman–Crippen MR) is 66.4 cm³/mol. The Hall–Kier alpha value is -1.19. The molecule has 0 atom stereocenters. The number of nitrogens with one attached hydrogen (secondary N) is 1. The Morgan fingerprint density at radius 1 is 0.944 bits per heavy atom. The first kappa shape index (κ1) is 13.2. The first-order valence-electron chi connectivity index (χ1n) is 6.00. The van der Waals surface area contributed by atoms with Crippen LogP contribution in [-0.2, 0) is 6.18 Å². The summed E-state index contributed by atoms with van der Waals surface area (Å²) in [4.78, 5) is 0. The van der Waals surface area contributed by atoms with Crippen molar-refractivity contribution in [3.8, 4) is 0 Å². The van der Waals surface area contributed by atoms with Crippen molar-refractivity contribution >= 4 is 5.69 Å². The van der Waals surface area contributed by atoms with Crippen LogP contribution < -0.4 is 5.32 Å². The van der Waals surface area contributed by atoms with Crippen LogP contribution in [0.5, 0.6) is 0 Å². The van der Waals surface area contributed by atoms with Gasteiger partial charge in [-0.3, -0.25) is 0 Å². The van der Waals surface area contributed by atoms with E-state index < -0.39 is 11.7 Å². The van der Waals surface area contributed by atoms with Crippen LogP contribution in [0.3, 0.4) is 0 Å². The summed E-state index contributed by atoms with van der Waals surface area (Å²) in [5.41, 5.74) is 0.458. The molecule has 0 radical (unpaired) electrons. The SMILES string of the molecule is CC1(C)C(Nc2ccc(C(F)(F)F)cc2)C1(C)C. The van der Waals surface area contributed by atoms with Crippen molar-refractivity contribution in [2.24, 2.45) is 10.8 Å². The minimum Gasteiger partial charge on any atom is -0.381 e. The largest absolute Gasteiger partial charge is 0.416 e. The molecule has 0 aromatic heterocycles. The second-order valence-corrected chi connectivity index (χ2v) is 6.10. The summed E-state index contributed by atoms with van der Waals surface area (Å²) < 4.78 is 37.3. The van der Waals surface area contributed by atoms with Gasteiger partial charge in [0.25, 0.3) is 0 Å². The number of hydrogen-bond acceptors (Lipinski definition) is 1. The number of alkyl halides is 3. The highest BCUT2D eigenvalue weighted by atomic mass is 19.4. The summed E-state index contributed by atoms with van der Waals surface area (Å²) >= 11 is 0. The fourth-order valence-electron chi connectivity index (χ4n) is 2.48. The summed E-state index contributed by atoms with van der Waals surface area (Å²) in [5, 5.41) is 3.31. The topological polar surface area (TPSA) is 12.0 Å². The Morgan fingerprint density at radius 2 is 1.39 bits per heavy atom. The normalized spacial score (nSPS) is 21.7. The molecule has 1 aromatic rings. The molecule has 0 bridgehead atoms. The lowest BCUT2D eigenvalue weighted by Gasteiger charge is -2.10. The van der Waals surface area contributed by atoms with E-state index in [9.17, 15) is 13.2 Å². The minimum atomic E-state index is -4.27. The molecule has 1 aliphatic rings. The third-order valence-corrected chi connectivity index (χ3v) is 4.54. The highest BCUT2D eigenvalue weighted by Gasteiger charge is 2.64. The molecule has 0 spiro atoms. The molecule has 1 N–H and O–H groups in total. The first-order valence-corrected chi connectivity index (χ1v) is 6.00. The van der Waals surface area contributed by atoms with Gasteiger partial charge in [0.15, 0.2) is 0 Å². The Balaban J connectivity index is 2.09. The van der Waals surface area contributed by atoms with Gasteiger partial charge in [0.05, 0.1) is 5.56 Å². The number of rotatable bonds is 2. The molecule has 1 saturated carbocycles. The quantitative estimate of drug-likeness (QED) is 0.819. The zero-order chi connectivity index (χ0) is 13.8. The van der Waals surface area contributed by atoms with Crippen molar-refractivity contribution in [2.75, 3.05) is 5.32 Å². The molecular weight excluding hydrogens is 239 g/mol. The van der Waals surface area contributed by atoms with E-state index in [1.54, 1.807) is 0 Å². The molecular formula is C14H18F3N. The van der Waals surface area contributed by atoms with Crippen molar-refractivity contribution in [3.63, 3.8) is 0 Å². The molecule has 0 heterocycles. The van der Waals surface area contributed by atoms with Gasteiger partial charge in [-0.05, 0) is 35.1 Å². The van der Waals surface area contributed by atoms with Gasteiger partial charge < -0.3 is 5.32 Å². The lowest BCUT2D eigenvalue weighted by Crippen LogP contribution is -2.10. The number of halogens is 3. The second kappa shape index (κ2) is 3.65. The monoisotopic (exact) mass is 257 g/mol. The van der Waals surface area contributed by atoms with Gasteiger partial charge in [-0.2, -0.15) is 13.2 Å². The van der Waals surface area contributed by atoms with E-state index in [0.717, 1.165) is 17.8 Å². The molecule has 0 unspecified atom stereocenters. The van der Waals surface area contributed by atoms with E-state index in [0.29, 0.717) is 6.04 Å². The molecule has 1 nitrogen and oxygen atoms in total. The van der Waals surface area contributed by atoms with Crippen LogP contribution in [0.2, 0.25) is 0 Å². The molecule has 0 saturated heterocycles. The van der Waals surface area contributed by atoms with Gasteiger partial charge in [-0.25, -0.2) is 0 Å². The standard InChI is InChI=1S/C14H18F3N/c1-12(2)11(13(12,3)4)18-10-7-5-9(6-8-10)14(15,16)17/h5-8,11,18H,1-4H3. The fraction of sp³-hybridized carbons (Fsp3) is 0.571. The molecule has 100 valence electrons. The number of hydrogen-bond donors (Lipinski definition) is 1. The van der Waals surface area contributed by atoms with Crippen molar-refractivity contribution in [1.29, 1.82) is 0 Å². The predicted octanol–water partition coefficient (Wildman–Crippen LogP) is 4.55. The van der Waals surface area contributed by atoms with Crippen molar-refractivity contribution in [1.82, 2.24) is 0 Å². The van der Waals surface area contributed by atoms with Crippen LogP contribution in [0.4, 0.5) is 18.9 Å². The average Bonchev–Trinajstić information content (AvgIpc) is 2.60. The maximum atomic E-state index is 12.4. The molecule has 1 fully saturated rings.